The number of fused-ring (bicyclic) bond motifs is 1. The van der Waals surface area contributed by atoms with Gasteiger partial charge in [-0.05, 0) is 37.3 Å². The molecule has 5 heteroatoms. The van der Waals surface area contributed by atoms with Crippen molar-refractivity contribution in [3.63, 3.8) is 0 Å². The molecule has 3 rings (SSSR count). The van der Waals surface area contributed by atoms with E-state index < -0.39 is 0 Å². The third-order valence-corrected chi connectivity index (χ3v) is 2.96. The van der Waals surface area contributed by atoms with Crippen LogP contribution in [0.3, 0.4) is 0 Å². The summed E-state index contributed by atoms with van der Waals surface area (Å²) in [6.07, 6.45) is 3.48. The molecule has 0 spiro atoms. The van der Waals surface area contributed by atoms with Crippen LogP contribution in [-0.4, -0.2) is 22.1 Å². The van der Waals surface area contributed by atoms with Gasteiger partial charge in [0, 0.05) is 17.3 Å². The van der Waals surface area contributed by atoms with Gasteiger partial charge < -0.3 is 10.1 Å². The zero-order valence-corrected chi connectivity index (χ0v) is 11.3. The second-order valence-electron chi connectivity index (χ2n) is 4.37. The molecule has 2 heterocycles. The lowest BCUT2D eigenvalue weighted by atomic mass is 10.2. The Labute approximate surface area is 116 Å². The highest BCUT2D eigenvalue weighted by Crippen LogP contribution is 2.24. The number of nitrogens with one attached hydrogen (secondary N) is 1. The summed E-state index contributed by atoms with van der Waals surface area (Å²) in [5.41, 5.74) is 1.78. The molecule has 0 aliphatic heterocycles. The van der Waals surface area contributed by atoms with Crippen LogP contribution in [0.5, 0.6) is 5.75 Å². The van der Waals surface area contributed by atoms with Gasteiger partial charge in [0.25, 0.3) is 0 Å². The normalized spacial score (nSPS) is 10.5. The molecule has 0 fully saturated rings. The summed E-state index contributed by atoms with van der Waals surface area (Å²) in [4.78, 5) is 12.9. The van der Waals surface area contributed by atoms with Gasteiger partial charge >= 0.3 is 0 Å². The Kier molecular flexibility index (Phi) is 3.16. The fraction of sp³-hybridized carbons (Fsp3) is 0.133. The average Bonchev–Trinajstić information content (AvgIpc) is 2.48. The number of pyridine rings is 1. The lowest BCUT2D eigenvalue weighted by Crippen LogP contribution is -1.99. The maximum absolute atomic E-state index is 5.15. The molecule has 0 saturated heterocycles. The van der Waals surface area contributed by atoms with E-state index in [4.69, 9.17) is 4.74 Å². The quantitative estimate of drug-likeness (QED) is 0.789. The van der Waals surface area contributed by atoms with E-state index in [1.807, 2.05) is 37.3 Å². The Morgan fingerprint density at radius 1 is 1.05 bits per heavy atom. The molecule has 0 amide bonds. The molecular weight excluding hydrogens is 252 g/mol. The van der Waals surface area contributed by atoms with Crippen LogP contribution >= 0.6 is 0 Å². The number of benzene rings is 1. The van der Waals surface area contributed by atoms with Gasteiger partial charge in [-0.2, -0.15) is 0 Å². The van der Waals surface area contributed by atoms with Crippen LogP contribution < -0.4 is 10.1 Å². The molecule has 1 N–H and O–H groups in total. The van der Waals surface area contributed by atoms with E-state index in [1.165, 1.54) is 0 Å². The smallest absolute Gasteiger partial charge is 0.142 e. The lowest BCUT2D eigenvalue weighted by molar-refractivity contribution is 0.415. The van der Waals surface area contributed by atoms with Crippen LogP contribution in [-0.2, 0) is 0 Å². The van der Waals surface area contributed by atoms with Crippen LogP contribution in [0.25, 0.3) is 10.9 Å². The van der Waals surface area contributed by atoms with Gasteiger partial charge in [0.1, 0.15) is 17.4 Å². The Bertz CT molecular complexity index is 740. The summed E-state index contributed by atoms with van der Waals surface area (Å²) >= 11 is 0. The first kappa shape index (κ1) is 12.3. The largest absolute Gasteiger partial charge is 0.497 e. The van der Waals surface area contributed by atoms with Gasteiger partial charge in [-0.15, -0.1) is 0 Å². The molecule has 0 aliphatic carbocycles. The van der Waals surface area contributed by atoms with Crippen molar-refractivity contribution >= 4 is 22.4 Å². The molecule has 100 valence electrons. The Hall–Kier alpha value is -2.69. The molecule has 20 heavy (non-hydrogen) atoms. The molecule has 0 atom stereocenters. The first-order valence-electron chi connectivity index (χ1n) is 6.26. The van der Waals surface area contributed by atoms with Crippen molar-refractivity contribution in [3.8, 4) is 5.75 Å². The number of nitrogens with zero attached hydrogens (tertiary/aromatic N) is 3. The number of methoxy groups -OCH3 is 1. The van der Waals surface area contributed by atoms with Gasteiger partial charge in [-0.25, -0.2) is 9.97 Å². The fourth-order valence-electron chi connectivity index (χ4n) is 2.00. The van der Waals surface area contributed by atoms with Crippen molar-refractivity contribution in [2.75, 3.05) is 12.4 Å². The highest BCUT2D eigenvalue weighted by Gasteiger charge is 2.06. The van der Waals surface area contributed by atoms with Crippen molar-refractivity contribution < 1.29 is 4.74 Å². The van der Waals surface area contributed by atoms with E-state index in [0.717, 1.165) is 28.2 Å². The molecule has 1 aromatic carbocycles. The molecule has 0 unspecified atom stereocenters. The fourth-order valence-corrected chi connectivity index (χ4v) is 2.00. The highest BCUT2D eigenvalue weighted by atomic mass is 16.5. The molecule has 5 nitrogen and oxygen atoms in total. The minimum absolute atomic E-state index is 0.710. The van der Waals surface area contributed by atoms with E-state index in [2.05, 4.69) is 20.3 Å². The summed E-state index contributed by atoms with van der Waals surface area (Å²) in [5, 5.41) is 4.25. The van der Waals surface area contributed by atoms with Crippen molar-refractivity contribution in [3.05, 3.63) is 48.5 Å². The van der Waals surface area contributed by atoms with Gasteiger partial charge in [-0.1, -0.05) is 0 Å². The third-order valence-electron chi connectivity index (χ3n) is 2.96. The molecule has 0 saturated carbocycles. The Morgan fingerprint density at radius 2 is 1.85 bits per heavy atom. The minimum Gasteiger partial charge on any atom is -0.497 e. The van der Waals surface area contributed by atoms with E-state index >= 15 is 0 Å². The van der Waals surface area contributed by atoms with Crippen LogP contribution in [0.2, 0.25) is 0 Å². The van der Waals surface area contributed by atoms with Crippen molar-refractivity contribution in [1.29, 1.82) is 0 Å². The number of rotatable bonds is 3. The molecule has 3 aromatic rings. The van der Waals surface area contributed by atoms with E-state index in [9.17, 15) is 0 Å². The zero-order valence-electron chi connectivity index (χ0n) is 11.3. The van der Waals surface area contributed by atoms with E-state index in [0.29, 0.717) is 5.82 Å². The third kappa shape index (κ3) is 2.38. The summed E-state index contributed by atoms with van der Waals surface area (Å²) in [6, 6.07) is 9.60. The summed E-state index contributed by atoms with van der Waals surface area (Å²) < 4.78 is 5.15. The van der Waals surface area contributed by atoms with Gasteiger partial charge in [0.2, 0.25) is 0 Å². The first-order chi connectivity index (χ1) is 9.76. The number of aromatic nitrogens is 3. The predicted octanol–water partition coefficient (Wildman–Crippen LogP) is 3.09. The predicted molar refractivity (Wildman–Crippen MR) is 78.3 cm³/mol. The summed E-state index contributed by atoms with van der Waals surface area (Å²) in [5.74, 6) is 2.31. The lowest BCUT2D eigenvalue weighted by Gasteiger charge is -2.09. The van der Waals surface area contributed by atoms with E-state index in [1.54, 1.807) is 19.5 Å². The summed E-state index contributed by atoms with van der Waals surface area (Å²) in [6.45, 7) is 1.87. The van der Waals surface area contributed by atoms with Crippen molar-refractivity contribution in [2.24, 2.45) is 0 Å². The molecule has 0 bridgehead atoms. The molecule has 0 radical (unpaired) electrons. The van der Waals surface area contributed by atoms with Crippen molar-refractivity contribution in [1.82, 2.24) is 15.0 Å². The number of ether oxygens (including phenoxy) is 1. The summed E-state index contributed by atoms with van der Waals surface area (Å²) in [7, 11) is 1.65. The standard InChI is InChI=1S/C15H14N4O/c1-10-17-14-9-16-8-7-13(14)15(18-10)19-11-3-5-12(20-2)6-4-11/h3-9H,1-2H3,(H,17,18,19). The Morgan fingerprint density at radius 3 is 2.60 bits per heavy atom. The Balaban J connectivity index is 2.01. The highest BCUT2D eigenvalue weighted by molar-refractivity contribution is 5.90. The van der Waals surface area contributed by atoms with Gasteiger partial charge in [0.05, 0.1) is 18.8 Å². The topological polar surface area (TPSA) is 59.9 Å². The number of hydrogen-bond acceptors (Lipinski definition) is 5. The maximum Gasteiger partial charge on any atom is 0.142 e. The second-order valence-corrected chi connectivity index (χ2v) is 4.37. The molecular formula is C15H14N4O. The van der Waals surface area contributed by atoms with Gasteiger partial charge in [-0.3, -0.25) is 4.98 Å². The molecule has 2 aromatic heterocycles. The van der Waals surface area contributed by atoms with Crippen LogP contribution in [0.4, 0.5) is 11.5 Å². The van der Waals surface area contributed by atoms with Crippen molar-refractivity contribution in [2.45, 2.75) is 6.92 Å². The van der Waals surface area contributed by atoms with Crippen LogP contribution in [0.1, 0.15) is 5.82 Å². The van der Waals surface area contributed by atoms with Crippen LogP contribution in [0.15, 0.2) is 42.7 Å². The number of aryl methyl sites for hydroxylation is 1. The zero-order chi connectivity index (χ0) is 13.9. The second kappa shape index (κ2) is 5.13. The number of anilines is 2. The monoisotopic (exact) mass is 266 g/mol. The minimum atomic E-state index is 0.710. The van der Waals surface area contributed by atoms with Crippen LogP contribution in [0, 0.1) is 6.92 Å². The van der Waals surface area contributed by atoms with E-state index in [-0.39, 0.29) is 0 Å². The number of hydrogen-bond donors (Lipinski definition) is 1. The van der Waals surface area contributed by atoms with Gasteiger partial charge in [0.15, 0.2) is 0 Å². The average molecular weight is 266 g/mol. The first-order valence-corrected chi connectivity index (χ1v) is 6.26. The SMILES string of the molecule is COc1ccc(Nc2nc(C)nc3cnccc23)cc1. The molecule has 0 aliphatic rings. The maximum atomic E-state index is 5.15.